The third kappa shape index (κ3) is 11.8. The average Bonchev–Trinajstić information content (AvgIpc) is 2.70. The predicted octanol–water partition coefficient (Wildman–Crippen LogP) is -3.01. The number of amides is 4. The van der Waals surface area contributed by atoms with Gasteiger partial charge in [-0.15, -0.1) is 0 Å². The van der Waals surface area contributed by atoms with Gasteiger partial charge in [-0.2, -0.15) is 0 Å². The van der Waals surface area contributed by atoms with E-state index in [-0.39, 0.29) is 12.3 Å². The molecule has 33 heavy (non-hydrogen) atoms. The van der Waals surface area contributed by atoms with Crippen LogP contribution in [-0.2, 0) is 28.8 Å². The SMILES string of the molecule is CC(C)C(N)C(=O)NC(CCCCN)C(=O)NC(CC(=O)O)C(=O)NC(CC(N)=O)C(=O)O. The number of nitrogens with two attached hydrogens (primary N) is 3. The van der Waals surface area contributed by atoms with Crippen LogP contribution in [0.1, 0.15) is 46.0 Å². The van der Waals surface area contributed by atoms with Gasteiger partial charge in [-0.3, -0.25) is 24.0 Å². The summed E-state index contributed by atoms with van der Waals surface area (Å²) >= 11 is 0. The second kappa shape index (κ2) is 14.7. The lowest BCUT2D eigenvalue weighted by Gasteiger charge is -2.25. The molecule has 4 unspecified atom stereocenters. The number of rotatable bonds is 16. The molecule has 11 N–H and O–H groups in total. The van der Waals surface area contributed by atoms with E-state index in [0.717, 1.165) is 0 Å². The van der Waals surface area contributed by atoms with Crippen molar-refractivity contribution in [2.75, 3.05) is 6.54 Å². The molecule has 0 rings (SSSR count). The molecular formula is C19H34N6O8. The van der Waals surface area contributed by atoms with Crippen LogP contribution in [0.2, 0.25) is 0 Å². The summed E-state index contributed by atoms with van der Waals surface area (Å²) in [6, 6.07) is -5.44. The standard InChI is InChI=1S/C19H34N6O8/c1-9(2)15(22)18(31)23-10(5-3-4-6-20)16(29)24-11(8-14(27)28)17(30)25-12(19(32)33)7-13(21)26/h9-12,15H,3-8,20,22H2,1-2H3,(H2,21,26)(H,23,31)(H,24,29)(H,25,30)(H,27,28)(H,32,33). The van der Waals surface area contributed by atoms with Gasteiger partial charge >= 0.3 is 11.9 Å². The zero-order valence-electron chi connectivity index (χ0n) is 18.7. The van der Waals surface area contributed by atoms with E-state index in [1.165, 1.54) is 0 Å². The summed E-state index contributed by atoms with van der Waals surface area (Å²) in [4.78, 5) is 71.1. The molecule has 0 aromatic rings. The van der Waals surface area contributed by atoms with Crippen molar-refractivity contribution in [1.29, 1.82) is 0 Å². The average molecular weight is 475 g/mol. The normalized spacial score (nSPS) is 14.5. The lowest BCUT2D eigenvalue weighted by Crippen LogP contribution is -2.58. The number of unbranched alkanes of at least 4 members (excludes halogenated alkanes) is 1. The van der Waals surface area contributed by atoms with Crippen LogP contribution in [0.25, 0.3) is 0 Å². The Labute approximate surface area is 191 Å². The second-order valence-corrected chi connectivity index (χ2v) is 7.84. The van der Waals surface area contributed by atoms with Gasteiger partial charge in [0.2, 0.25) is 23.6 Å². The molecule has 0 aliphatic rings. The van der Waals surface area contributed by atoms with Crippen LogP contribution in [0.4, 0.5) is 0 Å². The minimum absolute atomic E-state index is 0.139. The van der Waals surface area contributed by atoms with E-state index in [1.807, 2.05) is 5.32 Å². The van der Waals surface area contributed by atoms with E-state index in [4.69, 9.17) is 27.4 Å². The van der Waals surface area contributed by atoms with Gasteiger partial charge in [-0.25, -0.2) is 4.79 Å². The summed E-state index contributed by atoms with van der Waals surface area (Å²) in [6.07, 6.45) is -0.487. The Kier molecular flexibility index (Phi) is 13.3. The maximum absolute atomic E-state index is 12.8. The molecule has 0 aliphatic carbocycles. The first-order valence-electron chi connectivity index (χ1n) is 10.4. The highest BCUT2D eigenvalue weighted by atomic mass is 16.4. The van der Waals surface area contributed by atoms with Crippen molar-refractivity contribution in [3.63, 3.8) is 0 Å². The fourth-order valence-electron chi connectivity index (χ4n) is 2.66. The molecule has 0 fully saturated rings. The topological polar surface area (TPSA) is 257 Å². The summed E-state index contributed by atoms with van der Waals surface area (Å²) < 4.78 is 0. The number of hydrogen-bond donors (Lipinski definition) is 8. The third-order valence-electron chi connectivity index (χ3n) is 4.63. The molecule has 0 spiro atoms. The van der Waals surface area contributed by atoms with Gasteiger partial charge in [0, 0.05) is 0 Å². The molecule has 188 valence electrons. The molecular weight excluding hydrogens is 440 g/mol. The van der Waals surface area contributed by atoms with Crippen LogP contribution < -0.4 is 33.2 Å². The molecule has 0 saturated heterocycles. The monoisotopic (exact) mass is 474 g/mol. The molecule has 0 radical (unpaired) electrons. The van der Waals surface area contributed by atoms with Crippen LogP contribution >= 0.6 is 0 Å². The van der Waals surface area contributed by atoms with E-state index >= 15 is 0 Å². The molecule has 4 amide bonds. The Morgan fingerprint density at radius 2 is 1.30 bits per heavy atom. The van der Waals surface area contributed by atoms with Gasteiger partial charge in [-0.05, 0) is 31.7 Å². The van der Waals surface area contributed by atoms with Crippen LogP contribution in [-0.4, -0.2) is 76.5 Å². The Morgan fingerprint density at radius 3 is 1.76 bits per heavy atom. The summed E-state index contributed by atoms with van der Waals surface area (Å²) in [5.41, 5.74) is 16.2. The van der Waals surface area contributed by atoms with E-state index in [1.54, 1.807) is 13.8 Å². The maximum Gasteiger partial charge on any atom is 0.326 e. The zero-order chi connectivity index (χ0) is 25.7. The van der Waals surface area contributed by atoms with Gasteiger partial charge < -0.3 is 43.4 Å². The van der Waals surface area contributed by atoms with E-state index < -0.39 is 72.6 Å². The summed E-state index contributed by atoms with van der Waals surface area (Å²) in [5, 5.41) is 24.9. The fourth-order valence-corrected chi connectivity index (χ4v) is 2.66. The van der Waals surface area contributed by atoms with E-state index in [2.05, 4.69) is 10.6 Å². The Hall–Kier alpha value is -3.26. The maximum atomic E-state index is 12.8. The summed E-state index contributed by atoms with van der Waals surface area (Å²) in [6.45, 7) is 3.77. The Bertz CT molecular complexity index is 729. The highest BCUT2D eigenvalue weighted by molar-refractivity contribution is 5.96. The zero-order valence-corrected chi connectivity index (χ0v) is 18.7. The first-order chi connectivity index (χ1) is 15.3. The van der Waals surface area contributed by atoms with Crippen LogP contribution in [0, 0.1) is 5.92 Å². The quantitative estimate of drug-likeness (QED) is 0.105. The lowest BCUT2D eigenvalue weighted by atomic mass is 10.0. The highest BCUT2D eigenvalue weighted by Gasteiger charge is 2.32. The number of nitrogens with one attached hydrogen (secondary N) is 3. The van der Waals surface area contributed by atoms with Gasteiger partial charge in [0.1, 0.15) is 18.1 Å². The fraction of sp³-hybridized carbons (Fsp3) is 0.684. The molecule has 4 atom stereocenters. The minimum atomic E-state index is -1.72. The molecule has 0 aliphatic heterocycles. The molecule has 0 aromatic heterocycles. The number of aliphatic carboxylic acids is 2. The molecule has 0 saturated carbocycles. The number of carboxylic acids is 2. The Morgan fingerprint density at radius 1 is 0.788 bits per heavy atom. The van der Waals surface area contributed by atoms with Crippen molar-refractivity contribution in [1.82, 2.24) is 16.0 Å². The van der Waals surface area contributed by atoms with Crippen molar-refractivity contribution in [2.24, 2.45) is 23.1 Å². The van der Waals surface area contributed by atoms with Crippen molar-refractivity contribution >= 4 is 35.6 Å². The van der Waals surface area contributed by atoms with Crippen molar-refractivity contribution in [2.45, 2.75) is 70.1 Å². The van der Waals surface area contributed by atoms with Crippen LogP contribution in [0.15, 0.2) is 0 Å². The van der Waals surface area contributed by atoms with Crippen molar-refractivity contribution < 1.29 is 39.0 Å². The predicted molar refractivity (Wildman–Crippen MR) is 115 cm³/mol. The number of carbonyl (C=O) groups excluding carboxylic acids is 4. The third-order valence-corrected chi connectivity index (χ3v) is 4.63. The van der Waals surface area contributed by atoms with Crippen molar-refractivity contribution in [3.8, 4) is 0 Å². The molecule has 0 bridgehead atoms. The van der Waals surface area contributed by atoms with Gasteiger partial charge in [0.25, 0.3) is 0 Å². The second-order valence-electron chi connectivity index (χ2n) is 7.84. The number of carbonyl (C=O) groups is 6. The van der Waals surface area contributed by atoms with E-state index in [0.29, 0.717) is 19.4 Å². The summed E-state index contributed by atoms with van der Waals surface area (Å²) in [7, 11) is 0. The number of hydrogen-bond acceptors (Lipinski definition) is 8. The van der Waals surface area contributed by atoms with Gasteiger partial charge in [0.05, 0.1) is 18.9 Å². The molecule has 14 nitrogen and oxygen atoms in total. The van der Waals surface area contributed by atoms with Gasteiger partial charge in [-0.1, -0.05) is 13.8 Å². The first kappa shape index (κ1) is 29.7. The van der Waals surface area contributed by atoms with Crippen LogP contribution in [0.5, 0.6) is 0 Å². The largest absolute Gasteiger partial charge is 0.481 e. The smallest absolute Gasteiger partial charge is 0.326 e. The molecule has 0 heterocycles. The number of primary amides is 1. The first-order valence-corrected chi connectivity index (χ1v) is 10.4. The van der Waals surface area contributed by atoms with Crippen molar-refractivity contribution in [3.05, 3.63) is 0 Å². The summed E-state index contributed by atoms with van der Waals surface area (Å²) in [5.74, 6) is -6.87. The number of carboxylic acid groups (broad SMARTS) is 2. The highest BCUT2D eigenvalue weighted by Crippen LogP contribution is 2.06. The van der Waals surface area contributed by atoms with Gasteiger partial charge in [0.15, 0.2) is 0 Å². The lowest BCUT2D eigenvalue weighted by molar-refractivity contribution is -0.144. The Balaban J connectivity index is 5.55. The van der Waals surface area contributed by atoms with E-state index in [9.17, 15) is 28.8 Å². The molecule has 0 aromatic carbocycles. The molecule has 14 heteroatoms. The minimum Gasteiger partial charge on any atom is -0.481 e. The van der Waals surface area contributed by atoms with Crippen LogP contribution in [0.3, 0.4) is 0 Å².